The summed E-state index contributed by atoms with van der Waals surface area (Å²) >= 11 is 0. The molecular formula is C10H9NO2. The molecule has 0 amide bonds. The number of carboxylic acid groups (broad SMARTS) is 1. The van der Waals surface area contributed by atoms with Crippen molar-refractivity contribution in [2.45, 2.75) is 6.42 Å². The van der Waals surface area contributed by atoms with Gasteiger partial charge in [0.2, 0.25) is 0 Å². The van der Waals surface area contributed by atoms with Crippen LogP contribution in [0.25, 0.3) is 0 Å². The van der Waals surface area contributed by atoms with Gasteiger partial charge < -0.3 is 5.11 Å². The van der Waals surface area contributed by atoms with Gasteiger partial charge in [-0.2, -0.15) is 0 Å². The monoisotopic (exact) mass is 175 g/mol. The number of aliphatic imine (C=N–C) groups is 1. The van der Waals surface area contributed by atoms with E-state index in [1.807, 2.05) is 0 Å². The summed E-state index contributed by atoms with van der Waals surface area (Å²) < 4.78 is 0. The van der Waals surface area contributed by atoms with Crippen molar-refractivity contribution in [3.63, 3.8) is 0 Å². The van der Waals surface area contributed by atoms with E-state index in [1.165, 1.54) is 0 Å². The highest BCUT2D eigenvalue weighted by Crippen LogP contribution is 2.14. The van der Waals surface area contributed by atoms with Gasteiger partial charge in [-0.1, -0.05) is 6.07 Å². The second-order valence-electron chi connectivity index (χ2n) is 3.00. The molecule has 0 unspecified atom stereocenters. The SMILES string of the molecule is O=C(O)c1ccc2c(c1)CCN=C2. The molecule has 1 aliphatic rings. The minimum Gasteiger partial charge on any atom is -0.478 e. The summed E-state index contributed by atoms with van der Waals surface area (Å²) in [5.74, 6) is -0.870. The zero-order chi connectivity index (χ0) is 9.26. The van der Waals surface area contributed by atoms with Crippen molar-refractivity contribution in [3.05, 3.63) is 34.9 Å². The topological polar surface area (TPSA) is 49.7 Å². The van der Waals surface area contributed by atoms with Gasteiger partial charge in [0.25, 0.3) is 0 Å². The van der Waals surface area contributed by atoms with Gasteiger partial charge in [-0.25, -0.2) is 4.79 Å². The van der Waals surface area contributed by atoms with E-state index in [2.05, 4.69) is 4.99 Å². The molecule has 0 fully saturated rings. The number of carbonyl (C=O) groups is 1. The van der Waals surface area contributed by atoms with Gasteiger partial charge in [-0.05, 0) is 29.7 Å². The van der Waals surface area contributed by atoms with Crippen LogP contribution in [0.15, 0.2) is 23.2 Å². The van der Waals surface area contributed by atoms with E-state index in [1.54, 1.807) is 24.4 Å². The maximum Gasteiger partial charge on any atom is 0.335 e. The predicted molar refractivity (Wildman–Crippen MR) is 49.6 cm³/mol. The van der Waals surface area contributed by atoms with Crippen molar-refractivity contribution >= 4 is 12.2 Å². The lowest BCUT2D eigenvalue weighted by molar-refractivity contribution is 0.0697. The van der Waals surface area contributed by atoms with Crippen LogP contribution in [-0.4, -0.2) is 23.8 Å². The third kappa shape index (κ3) is 1.45. The van der Waals surface area contributed by atoms with Crippen LogP contribution >= 0.6 is 0 Å². The minimum absolute atomic E-state index is 0.356. The Labute approximate surface area is 75.7 Å². The van der Waals surface area contributed by atoms with Crippen LogP contribution in [0.3, 0.4) is 0 Å². The highest BCUT2D eigenvalue weighted by Gasteiger charge is 2.08. The van der Waals surface area contributed by atoms with Crippen LogP contribution in [0.4, 0.5) is 0 Å². The minimum atomic E-state index is -0.870. The van der Waals surface area contributed by atoms with Crippen LogP contribution in [-0.2, 0) is 6.42 Å². The van der Waals surface area contributed by atoms with Crippen LogP contribution in [0, 0.1) is 0 Å². The first kappa shape index (κ1) is 7.98. The molecule has 1 N–H and O–H groups in total. The van der Waals surface area contributed by atoms with E-state index in [-0.39, 0.29) is 0 Å². The Morgan fingerprint density at radius 2 is 2.31 bits per heavy atom. The van der Waals surface area contributed by atoms with E-state index >= 15 is 0 Å². The number of hydrogen-bond donors (Lipinski definition) is 1. The molecule has 0 aromatic heterocycles. The third-order valence-corrected chi connectivity index (χ3v) is 2.13. The summed E-state index contributed by atoms with van der Waals surface area (Å²) in [6.45, 7) is 0.760. The van der Waals surface area contributed by atoms with Crippen molar-refractivity contribution in [2.75, 3.05) is 6.54 Å². The van der Waals surface area contributed by atoms with Crippen LogP contribution in [0.2, 0.25) is 0 Å². The second-order valence-corrected chi connectivity index (χ2v) is 3.00. The van der Waals surface area contributed by atoms with Crippen LogP contribution in [0.5, 0.6) is 0 Å². The van der Waals surface area contributed by atoms with Gasteiger partial charge in [0.05, 0.1) is 5.56 Å². The molecule has 0 bridgehead atoms. The zero-order valence-electron chi connectivity index (χ0n) is 7.03. The molecule has 2 rings (SSSR count). The lowest BCUT2D eigenvalue weighted by Gasteiger charge is -2.09. The fraction of sp³-hybridized carbons (Fsp3) is 0.200. The molecule has 3 nitrogen and oxygen atoms in total. The first-order chi connectivity index (χ1) is 6.27. The molecule has 13 heavy (non-hydrogen) atoms. The van der Waals surface area contributed by atoms with Gasteiger partial charge in [-0.3, -0.25) is 4.99 Å². The molecule has 3 heteroatoms. The van der Waals surface area contributed by atoms with Crippen LogP contribution in [0.1, 0.15) is 21.5 Å². The van der Waals surface area contributed by atoms with Crippen molar-refractivity contribution in [1.82, 2.24) is 0 Å². The Bertz CT molecular complexity index is 383. The van der Waals surface area contributed by atoms with Crippen molar-refractivity contribution < 1.29 is 9.90 Å². The zero-order valence-corrected chi connectivity index (χ0v) is 7.03. The number of carboxylic acids is 1. The van der Waals surface area contributed by atoms with E-state index in [0.717, 1.165) is 24.1 Å². The van der Waals surface area contributed by atoms with Crippen molar-refractivity contribution in [2.24, 2.45) is 4.99 Å². The predicted octanol–water partition coefficient (Wildman–Crippen LogP) is 1.36. The first-order valence-corrected chi connectivity index (χ1v) is 4.13. The quantitative estimate of drug-likeness (QED) is 0.700. The van der Waals surface area contributed by atoms with Crippen molar-refractivity contribution in [3.8, 4) is 0 Å². The number of rotatable bonds is 1. The Kier molecular flexibility index (Phi) is 1.85. The smallest absolute Gasteiger partial charge is 0.335 e. The summed E-state index contributed by atoms with van der Waals surface area (Å²) in [5, 5.41) is 8.75. The number of hydrogen-bond acceptors (Lipinski definition) is 2. The molecule has 0 saturated carbocycles. The van der Waals surface area contributed by atoms with Gasteiger partial charge >= 0.3 is 5.97 Å². The molecular weight excluding hydrogens is 166 g/mol. The number of aromatic carboxylic acids is 1. The van der Waals surface area contributed by atoms with E-state index < -0.39 is 5.97 Å². The summed E-state index contributed by atoms with van der Waals surface area (Å²) in [5.41, 5.74) is 2.47. The van der Waals surface area contributed by atoms with Gasteiger partial charge in [0.1, 0.15) is 0 Å². The lowest BCUT2D eigenvalue weighted by Crippen LogP contribution is -2.05. The number of benzene rings is 1. The van der Waals surface area contributed by atoms with E-state index in [9.17, 15) is 4.79 Å². The standard InChI is InChI=1S/C10H9NO2/c12-10(13)8-1-2-9-6-11-4-3-7(9)5-8/h1-2,5-6H,3-4H2,(H,12,13). The summed E-state index contributed by atoms with van der Waals surface area (Å²) in [7, 11) is 0. The highest BCUT2D eigenvalue weighted by atomic mass is 16.4. The highest BCUT2D eigenvalue weighted by molar-refractivity contribution is 5.90. The molecule has 0 aliphatic carbocycles. The molecule has 66 valence electrons. The molecule has 0 radical (unpaired) electrons. The maximum atomic E-state index is 10.7. The van der Waals surface area contributed by atoms with Gasteiger partial charge in [0.15, 0.2) is 0 Å². The Hall–Kier alpha value is -1.64. The van der Waals surface area contributed by atoms with Gasteiger partial charge in [0, 0.05) is 12.8 Å². The third-order valence-electron chi connectivity index (χ3n) is 2.13. The molecule has 1 heterocycles. The fourth-order valence-corrected chi connectivity index (χ4v) is 1.43. The Morgan fingerprint density at radius 1 is 1.46 bits per heavy atom. The van der Waals surface area contributed by atoms with Crippen molar-refractivity contribution in [1.29, 1.82) is 0 Å². The molecule has 1 aliphatic heterocycles. The normalized spacial score (nSPS) is 13.8. The van der Waals surface area contributed by atoms with Gasteiger partial charge in [-0.15, -0.1) is 0 Å². The molecule has 1 aromatic carbocycles. The van der Waals surface area contributed by atoms with E-state index in [0.29, 0.717) is 5.56 Å². The Balaban J connectivity index is 2.48. The lowest BCUT2D eigenvalue weighted by atomic mass is 10.0. The number of nitrogens with zero attached hydrogens (tertiary/aromatic N) is 1. The number of fused-ring (bicyclic) bond motifs is 1. The molecule has 0 atom stereocenters. The molecule has 0 saturated heterocycles. The van der Waals surface area contributed by atoms with Crippen LogP contribution < -0.4 is 0 Å². The summed E-state index contributed by atoms with van der Waals surface area (Å²) in [4.78, 5) is 14.8. The molecule has 1 aromatic rings. The molecule has 0 spiro atoms. The first-order valence-electron chi connectivity index (χ1n) is 4.13. The maximum absolute atomic E-state index is 10.7. The summed E-state index contributed by atoms with van der Waals surface area (Å²) in [6, 6.07) is 5.14. The fourth-order valence-electron chi connectivity index (χ4n) is 1.43. The average molecular weight is 175 g/mol. The summed E-state index contributed by atoms with van der Waals surface area (Å²) in [6.07, 6.45) is 2.64. The Morgan fingerprint density at radius 3 is 3.08 bits per heavy atom. The average Bonchev–Trinajstić information content (AvgIpc) is 2.17. The second kappa shape index (κ2) is 3.01. The van der Waals surface area contributed by atoms with E-state index in [4.69, 9.17) is 5.11 Å². The largest absolute Gasteiger partial charge is 0.478 e.